The van der Waals surface area contributed by atoms with Gasteiger partial charge in [-0.15, -0.1) is 0 Å². The van der Waals surface area contributed by atoms with E-state index in [9.17, 15) is 0 Å². The molecule has 1 aliphatic rings. The molecule has 0 bridgehead atoms. The number of rotatable bonds is 5. The molecule has 1 aliphatic heterocycles. The highest BCUT2D eigenvalue weighted by Crippen LogP contribution is 2.13. The first-order chi connectivity index (χ1) is 10.5. The van der Waals surface area contributed by atoms with Crippen molar-refractivity contribution >= 4 is 11.6 Å². The van der Waals surface area contributed by atoms with Crippen molar-refractivity contribution in [2.75, 3.05) is 44.7 Å². The predicted octanol–water partition coefficient (Wildman–Crippen LogP) is 2.00. The normalized spacial score (nSPS) is 18.2. The van der Waals surface area contributed by atoms with Gasteiger partial charge in [0.15, 0.2) is 5.96 Å². The largest absolute Gasteiger partial charge is 0.379 e. The molecule has 2 rings (SSSR count). The lowest BCUT2D eigenvalue weighted by Gasteiger charge is -2.28. The Morgan fingerprint density at radius 3 is 2.73 bits per heavy atom. The van der Waals surface area contributed by atoms with Gasteiger partial charge in [0.2, 0.25) is 0 Å². The van der Waals surface area contributed by atoms with Crippen LogP contribution in [0.4, 0.5) is 5.69 Å². The SMILES string of the molecule is Cc1ccc(NC(N)=NCC(C)CN2CCOCC2)cc1C. The van der Waals surface area contributed by atoms with Gasteiger partial charge in [0.05, 0.1) is 13.2 Å². The molecule has 1 atom stereocenters. The third kappa shape index (κ3) is 5.31. The molecule has 0 aromatic heterocycles. The maximum absolute atomic E-state index is 5.98. The molecular weight excluding hydrogens is 276 g/mol. The molecule has 1 aromatic carbocycles. The zero-order chi connectivity index (χ0) is 15.9. The maximum Gasteiger partial charge on any atom is 0.193 e. The summed E-state index contributed by atoms with van der Waals surface area (Å²) in [6, 6.07) is 6.21. The molecular formula is C17H28N4O. The van der Waals surface area contributed by atoms with Gasteiger partial charge < -0.3 is 15.8 Å². The summed E-state index contributed by atoms with van der Waals surface area (Å²) in [5.74, 6) is 0.968. The van der Waals surface area contributed by atoms with Crippen LogP contribution in [0.15, 0.2) is 23.2 Å². The first kappa shape index (κ1) is 16.8. The Balaban J connectivity index is 1.79. The Labute approximate surface area is 133 Å². The standard InChI is InChI=1S/C17H28N4O/c1-13(12-21-6-8-22-9-7-21)11-19-17(18)20-16-5-4-14(2)15(3)10-16/h4-5,10,13H,6-9,11-12H2,1-3H3,(H3,18,19,20). The third-order valence-electron chi connectivity index (χ3n) is 4.03. The average Bonchev–Trinajstić information content (AvgIpc) is 2.50. The molecule has 3 N–H and O–H groups in total. The van der Waals surface area contributed by atoms with Gasteiger partial charge in [0, 0.05) is 31.9 Å². The predicted molar refractivity (Wildman–Crippen MR) is 92.5 cm³/mol. The molecule has 0 saturated carbocycles. The van der Waals surface area contributed by atoms with E-state index in [4.69, 9.17) is 10.5 Å². The number of benzene rings is 1. The summed E-state index contributed by atoms with van der Waals surface area (Å²) < 4.78 is 5.36. The van der Waals surface area contributed by atoms with Crippen molar-refractivity contribution in [2.45, 2.75) is 20.8 Å². The van der Waals surface area contributed by atoms with Crippen LogP contribution in [0.2, 0.25) is 0 Å². The summed E-state index contributed by atoms with van der Waals surface area (Å²) in [4.78, 5) is 6.89. The van der Waals surface area contributed by atoms with E-state index in [1.54, 1.807) is 0 Å². The van der Waals surface area contributed by atoms with Crippen molar-refractivity contribution < 1.29 is 4.74 Å². The maximum atomic E-state index is 5.98. The number of ether oxygens (including phenoxy) is 1. The molecule has 5 nitrogen and oxygen atoms in total. The van der Waals surface area contributed by atoms with Gasteiger partial charge in [-0.1, -0.05) is 13.0 Å². The summed E-state index contributed by atoms with van der Waals surface area (Å²) in [5, 5.41) is 3.16. The van der Waals surface area contributed by atoms with Gasteiger partial charge in [0.25, 0.3) is 0 Å². The van der Waals surface area contributed by atoms with Crippen LogP contribution in [0, 0.1) is 19.8 Å². The van der Waals surface area contributed by atoms with Crippen molar-refractivity contribution in [1.82, 2.24) is 4.90 Å². The molecule has 1 saturated heterocycles. The molecule has 0 radical (unpaired) electrons. The van der Waals surface area contributed by atoms with Gasteiger partial charge in [0.1, 0.15) is 0 Å². The second kappa shape index (κ2) is 8.15. The molecule has 1 heterocycles. The molecule has 1 aromatic rings. The number of hydrogen-bond donors (Lipinski definition) is 2. The smallest absolute Gasteiger partial charge is 0.193 e. The molecule has 1 fully saturated rings. The number of aliphatic imine (C=N–C) groups is 1. The average molecular weight is 304 g/mol. The van der Waals surface area contributed by atoms with Crippen molar-refractivity contribution in [3.63, 3.8) is 0 Å². The van der Waals surface area contributed by atoms with Crippen molar-refractivity contribution in [3.8, 4) is 0 Å². The quantitative estimate of drug-likeness (QED) is 0.645. The fraction of sp³-hybridized carbons (Fsp3) is 0.588. The Hall–Kier alpha value is -1.59. The van der Waals surface area contributed by atoms with Gasteiger partial charge in [-0.3, -0.25) is 9.89 Å². The van der Waals surface area contributed by atoms with E-state index in [-0.39, 0.29) is 0 Å². The van der Waals surface area contributed by atoms with E-state index in [2.05, 4.69) is 48.1 Å². The second-order valence-corrected chi connectivity index (χ2v) is 6.17. The zero-order valence-corrected chi connectivity index (χ0v) is 13.9. The highest BCUT2D eigenvalue weighted by molar-refractivity contribution is 5.92. The lowest BCUT2D eigenvalue weighted by Crippen LogP contribution is -2.39. The number of aryl methyl sites for hydroxylation is 2. The second-order valence-electron chi connectivity index (χ2n) is 6.17. The molecule has 1 unspecified atom stereocenters. The van der Waals surface area contributed by atoms with Gasteiger partial charge >= 0.3 is 0 Å². The van der Waals surface area contributed by atoms with Gasteiger partial charge in [-0.2, -0.15) is 0 Å². The van der Waals surface area contributed by atoms with Crippen LogP contribution in [-0.2, 0) is 4.74 Å². The molecule has 5 heteroatoms. The molecule has 0 aliphatic carbocycles. The Kier molecular flexibility index (Phi) is 6.21. The monoisotopic (exact) mass is 304 g/mol. The van der Waals surface area contributed by atoms with E-state index < -0.39 is 0 Å². The molecule has 122 valence electrons. The fourth-order valence-electron chi connectivity index (χ4n) is 2.54. The lowest BCUT2D eigenvalue weighted by molar-refractivity contribution is 0.0323. The Morgan fingerprint density at radius 1 is 1.32 bits per heavy atom. The molecule has 22 heavy (non-hydrogen) atoms. The summed E-state index contributed by atoms with van der Waals surface area (Å²) >= 11 is 0. The van der Waals surface area contributed by atoms with Crippen LogP contribution < -0.4 is 11.1 Å². The minimum atomic E-state index is 0.483. The first-order valence-electron chi connectivity index (χ1n) is 7.99. The van der Waals surface area contributed by atoms with Crippen LogP contribution >= 0.6 is 0 Å². The van der Waals surface area contributed by atoms with E-state index in [0.29, 0.717) is 11.9 Å². The highest BCUT2D eigenvalue weighted by atomic mass is 16.5. The minimum absolute atomic E-state index is 0.483. The van der Waals surface area contributed by atoms with Crippen molar-refractivity contribution in [1.29, 1.82) is 0 Å². The van der Waals surface area contributed by atoms with Crippen LogP contribution in [0.3, 0.4) is 0 Å². The highest BCUT2D eigenvalue weighted by Gasteiger charge is 2.13. The van der Waals surface area contributed by atoms with E-state index in [1.165, 1.54) is 11.1 Å². The topological polar surface area (TPSA) is 62.9 Å². The summed E-state index contributed by atoms with van der Waals surface area (Å²) in [6.45, 7) is 11.9. The molecule has 0 spiro atoms. The number of nitrogens with two attached hydrogens (primary N) is 1. The summed E-state index contributed by atoms with van der Waals surface area (Å²) in [7, 11) is 0. The minimum Gasteiger partial charge on any atom is -0.379 e. The number of hydrogen-bond acceptors (Lipinski definition) is 3. The number of nitrogens with one attached hydrogen (secondary N) is 1. The Morgan fingerprint density at radius 2 is 2.05 bits per heavy atom. The van der Waals surface area contributed by atoms with E-state index >= 15 is 0 Å². The van der Waals surface area contributed by atoms with Crippen molar-refractivity contribution in [2.24, 2.45) is 16.6 Å². The van der Waals surface area contributed by atoms with Crippen LogP contribution in [0.1, 0.15) is 18.1 Å². The zero-order valence-electron chi connectivity index (χ0n) is 13.9. The molecule has 0 amide bonds. The van der Waals surface area contributed by atoms with Crippen LogP contribution in [0.5, 0.6) is 0 Å². The fourth-order valence-corrected chi connectivity index (χ4v) is 2.54. The van der Waals surface area contributed by atoms with E-state index in [1.807, 2.05) is 6.07 Å². The Bertz CT molecular complexity index is 509. The first-order valence-corrected chi connectivity index (χ1v) is 7.99. The van der Waals surface area contributed by atoms with Crippen molar-refractivity contribution in [3.05, 3.63) is 29.3 Å². The number of nitrogens with zero attached hydrogens (tertiary/aromatic N) is 2. The third-order valence-corrected chi connectivity index (χ3v) is 4.03. The van der Waals surface area contributed by atoms with Crippen LogP contribution in [-0.4, -0.2) is 50.3 Å². The van der Waals surface area contributed by atoms with E-state index in [0.717, 1.165) is 45.1 Å². The lowest BCUT2D eigenvalue weighted by atomic mass is 10.1. The summed E-state index contributed by atoms with van der Waals surface area (Å²) in [5.41, 5.74) is 9.50. The number of morpholine rings is 1. The number of anilines is 1. The summed E-state index contributed by atoms with van der Waals surface area (Å²) in [6.07, 6.45) is 0. The van der Waals surface area contributed by atoms with Crippen LogP contribution in [0.25, 0.3) is 0 Å². The number of guanidine groups is 1. The van der Waals surface area contributed by atoms with Gasteiger partial charge in [-0.25, -0.2) is 0 Å². The van der Waals surface area contributed by atoms with Gasteiger partial charge in [-0.05, 0) is 43.0 Å².